The van der Waals surface area contributed by atoms with E-state index in [4.69, 9.17) is 4.42 Å². The minimum absolute atomic E-state index is 0.0900. The molecule has 0 spiro atoms. The Balaban J connectivity index is 1.44. The smallest absolute Gasteiger partial charge is 0.252 e. The highest BCUT2D eigenvalue weighted by Crippen LogP contribution is 2.20. The molecule has 0 radical (unpaired) electrons. The van der Waals surface area contributed by atoms with Crippen molar-refractivity contribution in [1.82, 2.24) is 30.1 Å². The van der Waals surface area contributed by atoms with Gasteiger partial charge in [0.05, 0.1) is 31.4 Å². The number of furan rings is 1. The van der Waals surface area contributed by atoms with Gasteiger partial charge in [0.2, 0.25) is 0 Å². The Hall–Kier alpha value is -4.04. The highest BCUT2D eigenvalue weighted by atomic mass is 16.3. The van der Waals surface area contributed by atoms with E-state index in [1.807, 2.05) is 55.5 Å². The van der Waals surface area contributed by atoms with Crippen LogP contribution in [-0.2, 0) is 26.2 Å². The molecule has 5 aromatic rings. The number of nitrogens with one attached hydrogen (secondary N) is 1. The number of aromatic amines is 1. The molecule has 0 saturated carbocycles. The number of hydrogen-bond acceptors (Lipinski definition) is 6. The van der Waals surface area contributed by atoms with Gasteiger partial charge in [-0.1, -0.05) is 42.0 Å². The Kier molecular flexibility index (Phi) is 6.05. The normalized spacial score (nSPS) is 11.5. The number of fused-ring (bicyclic) bond motifs is 1. The molecule has 0 unspecified atom stereocenters. The van der Waals surface area contributed by atoms with E-state index in [1.54, 1.807) is 10.9 Å². The molecule has 8 heteroatoms. The molecule has 8 nitrogen and oxygen atoms in total. The summed E-state index contributed by atoms with van der Waals surface area (Å²) in [4.78, 5) is 18.2. The van der Waals surface area contributed by atoms with Crippen LogP contribution in [0.5, 0.6) is 0 Å². The van der Waals surface area contributed by atoms with Crippen LogP contribution in [0.3, 0.4) is 0 Å². The second-order valence-electron chi connectivity index (χ2n) is 8.63. The zero-order valence-corrected chi connectivity index (χ0v) is 19.2. The molecule has 0 bridgehead atoms. The first-order chi connectivity index (χ1) is 16.5. The number of benzene rings is 2. The van der Waals surface area contributed by atoms with Crippen LogP contribution in [0.15, 0.2) is 76.1 Å². The molecule has 0 aliphatic carbocycles. The second-order valence-corrected chi connectivity index (χ2v) is 8.63. The molecule has 3 heterocycles. The molecule has 0 fully saturated rings. The Bertz CT molecular complexity index is 1450. The van der Waals surface area contributed by atoms with Crippen molar-refractivity contribution in [2.75, 3.05) is 0 Å². The van der Waals surface area contributed by atoms with Gasteiger partial charge in [-0.25, -0.2) is 4.68 Å². The fourth-order valence-electron chi connectivity index (χ4n) is 4.30. The van der Waals surface area contributed by atoms with Gasteiger partial charge in [0.1, 0.15) is 5.76 Å². The predicted molar refractivity (Wildman–Crippen MR) is 129 cm³/mol. The van der Waals surface area contributed by atoms with E-state index in [1.165, 1.54) is 0 Å². The molecule has 5 rings (SSSR count). The largest absolute Gasteiger partial charge is 0.468 e. The molecule has 0 aliphatic rings. The van der Waals surface area contributed by atoms with Gasteiger partial charge in [-0.3, -0.25) is 9.69 Å². The van der Waals surface area contributed by atoms with Gasteiger partial charge in [0.25, 0.3) is 5.56 Å². The zero-order valence-electron chi connectivity index (χ0n) is 19.2. The minimum atomic E-state index is -0.0900. The molecular formula is C26H26N6O2. The van der Waals surface area contributed by atoms with Crippen LogP contribution in [0.2, 0.25) is 0 Å². The van der Waals surface area contributed by atoms with E-state index in [9.17, 15) is 4.79 Å². The topological polar surface area (TPSA) is 92.8 Å². The number of hydrogen-bond donors (Lipinski definition) is 1. The monoisotopic (exact) mass is 454 g/mol. The molecule has 34 heavy (non-hydrogen) atoms. The first-order valence-corrected chi connectivity index (χ1v) is 11.2. The average Bonchev–Trinajstić information content (AvgIpc) is 3.48. The summed E-state index contributed by atoms with van der Waals surface area (Å²) in [5, 5.41) is 13.4. The Labute approximate surface area is 196 Å². The highest BCUT2D eigenvalue weighted by Gasteiger charge is 2.17. The number of nitrogens with zero attached hydrogens (tertiary/aromatic N) is 5. The molecule has 3 aromatic heterocycles. The van der Waals surface area contributed by atoms with Gasteiger partial charge >= 0.3 is 0 Å². The van der Waals surface area contributed by atoms with Crippen LogP contribution in [0.1, 0.15) is 33.8 Å². The summed E-state index contributed by atoms with van der Waals surface area (Å²) in [6.45, 7) is 6.07. The van der Waals surface area contributed by atoms with Crippen LogP contribution < -0.4 is 5.56 Å². The van der Waals surface area contributed by atoms with Crippen molar-refractivity contribution in [3.63, 3.8) is 0 Å². The van der Waals surface area contributed by atoms with Crippen molar-refractivity contribution in [3.05, 3.63) is 111 Å². The summed E-state index contributed by atoms with van der Waals surface area (Å²) in [5.74, 6) is 1.53. The molecule has 2 aromatic carbocycles. The third-order valence-electron chi connectivity index (χ3n) is 5.87. The van der Waals surface area contributed by atoms with Crippen molar-refractivity contribution in [3.8, 4) is 0 Å². The van der Waals surface area contributed by atoms with Crippen molar-refractivity contribution in [1.29, 1.82) is 0 Å². The number of pyridine rings is 1. The fraction of sp³-hybridized carbons (Fsp3) is 0.231. The van der Waals surface area contributed by atoms with Crippen LogP contribution in [0.4, 0.5) is 0 Å². The SMILES string of the molecule is Cc1cc(C)c2[nH]c(=O)c(CN(Cc3ccco3)Cc3nnnn3Cc3ccccc3)cc2c1. The molecule has 172 valence electrons. The number of rotatable bonds is 8. The van der Waals surface area contributed by atoms with Crippen LogP contribution in [0.25, 0.3) is 10.9 Å². The van der Waals surface area contributed by atoms with Gasteiger partial charge in [-0.2, -0.15) is 0 Å². The average molecular weight is 455 g/mol. The maximum atomic E-state index is 13.0. The Morgan fingerprint density at radius 3 is 2.65 bits per heavy atom. The zero-order chi connectivity index (χ0) is 23.5. The fourth-order valence-corrected chi connectivity index (χ4v) is 4.30. The standard InChI is InChI=1S/C26H26N6O2/c1-18-11-19(2)25-21(12-18)13-22(26(33)27-25)15-31(16-23-9-6-10-34-23)17-24-28-29-30-32(24)14-20-7-4-3-5-8-20/h3-13H,14-17H2,1-2H3,(H,27,33). The lowest BCUT2D eigenvalue weighted by Crippen LogP contribution is -2.28. The van der Waals surface area contributed by atoms with E-state index in [0.717, 1.165) is 39.2 Å². The summed E-state index contributed by atoms with van der Waals surface area (Å²) >= 11 is 0. The van der Waals surface area contributed by atoms with Gasteiger partial charge in [-0.15, -0.1) is 5.10 Å². The van der Waals surface area contributed by atoms with Crippen molar-refractivity contribution < 1.29 is 4.42 Å². The highest BCUT2D eigenvalue weighted by molar-refractivity contribution is 5.82. The number of aromatic nitrogens is 5. The third kappa shape index (κ3) is 4.82. The Morgan fingerprint density at radius 1 is 1.00 bits per heavy atom. The quantitative estimate of drug-likeness (QED) is 0.381. The van der Waals surface area contributed by atoms with Crippen molar-refractivity contribution >= 4 is 10.9 Å². The van der Waals surface area contributed by atoms with E-state index in [-0.39, 0.29) is 5.56 Å². The molecule has 1 N–H and O–H groups in total. The van der Waals surface area contributed by atoms with E-state index in [0.29, 0.717) is 31.7 Å². The van der Waals surface area contributed by atoms with Gasteiger partial charge < -0.3 is 9.40 Å². The molecular weight excluding hydrogens is 428 g/mol. The lowest BCUT2D eigenvalue weighted by Gasteiger charge is -2.21. The molecule has 0 saturated heterocycles. The van der Waals surface area contributed by atoms with Crippen molar-refractivity contribution in [2.45, 2.75) is 40.0 Å². The summed E-state index contributed by atoms with van der Waals surface area (Å²) in [7, 11) is 0. The second kappa shape index (κ2) is 9.44. The summed E-state index contributed by atoms with van der Waals surface area (Å²) < 4.78 is 7.39. The predicted octanol–water partition coefficient (Wildman–Crippen LogP) is 3.98. The van der Waals surface area contributed by atoms with Gasteiger partial charge in [-0.05, 0) is 65.1 Å². The Morgan fingerprint density at radius 2 is 1.85 bits per heavy atom. The van der Waals surface area contributed by atoms with Crippen LogP contribution in [0, 0.1) is 13.8 Å². The van der Waals surface area contributed by atoms with Gasteiger partial charge in [0.15, 0.2) is 5.82 Å². The van der Waals surface area contributed by atoms with Gasteiger partial charge in [0, 0.05) is 12.1 Å². The molecule has 0 aliphatic heterocycles. The first-order valence-electron chi connectivity index (χ1n) is 11.2. The summed E-state index contributed by atoms with van der Waals surface area (Å²) in [5.41, 5.74) is 4.81. The third-order valence-corrected chi connectivity index (χ3v) is 5.87. The van der Waals surface area contributed by atoms with E-state index in [2.05, 4.69) is 44.5 Å². The summed E-state index contributed by atoms with van der Waals surface area (Å²) in [6, 6.07) is 20.0. The van der Waals surface area contributed by atoms with Crippen LogP contribution in [-0.4, -0.2) is 30.1 Å². The maximum Gasteiger partial charge on any atom is 0.252 e. The van der Waals surface area contributed by atoms with Crippen molar-refractivity contribution in [2.24, 2.45) is 0 Å². The molecule has 0 amide bonds. The number of aryl methyl sites for hydroxylation is 2. The lowest BCUT2D eigenvalue weighted by atomic mass is 10.1. The van der Waals surface area contributed by atoms with E-state index < -0.39 is 0 Å². The summed E-state index contributed by atoms with van der Waals surface area (Å²) in [6.07, 6.45) is 1.65. The number of H-pyrrole nitrogens is 1. The minimum Gasteiger partial charge on any atom is -0.468 e. The number of tetrazole rings is 1. The molecule has 0 atom stereocenters. The first kappa shape index (κ1) is 21.8. The van der Waals surface area contributed by atoms with Crippen LogP contribution >= 0.6 is 0 Å². The maximum absolute atomic E-state index is 13.0. The van der Waals surface area contributed by atoms with E-state index >= 15 is 0 Å². The lowest BCUT2D eigenvalue weighted by molar-refractivity contribution is 0.217.